The fourth-order valence-electron chi connectivity index (χ4n) is 5.98. The molecule has 0 bridgehead atoms. The van der Waals surface area contributed by atoms with Crippen molar-refractivity contribution in [3.63, 3.8) is 0 Å². The predicted molar refractivity (Wildman–Crippen MR) is 129 cm³/mol. The van der Waals surface area contributed by atoms with Crippen LogP contribution in [0.15, 0.2) is 29.0 Å². The molecule has 0 radical (unpaired) electrons. The van der Waals surface area contributed by atoms with Gasteiger partial charge in [0.15, 0.2) is 11.4 Å². The lowest BCUT2D eigenvalue weighted by Crippen LogP contribution is -2.71. The van der Waals surface area contributed by atoms with Crippen molar-refractivity contribution in [2.24, 2.45) is 17.6 Å². The minimum Gasteiger partial charge on any atom is -0.508 e. The molecule has 3 aliphatic carbocycles. The van der Waals surface area contributed by atoms with Crippen LogP contribution in [0, 0.1) is 11.8 Å². The Bertz CT molecular complexity index is 1310. The number of amides is 1. The van der Waals surface area contributed by atoms with Gasteiger partial charge in [-0.3, -0.25) is 24.1 Å². The number of likely N-dealkylation sites (N-methyl/N-ethyl adjacent to an activating group) is 1. The van der Waals surface area contributed by atoms with Crippen molar-refractivity contribution in [2.45, 2.75) is 43.9 Å². The maximum atomic E-state index is 14.0. The number of ether oxygens (including phenoxy) is 1. The molecule has 1 fully saturated rings. The molecular formula is C25H29N3O9. The van der Waals surface area contributed by atoms with Crippen molar-refractivity contribution in [3.05, 3.63) is 40.2 Å². The number of phenols is 1. The summed E-state index contributed by atoms with van der Waals surface area (Å²) in [5, 5.41) is 44.8. The summed E-state index contributed by atoms with van der Waals surface area (Å²) >= 11 is 0. The van der Waals surface area contributed by atoms with Crippen LogP contribution in [0.3, 0.4) is 0 Å². The lowest BCUT2D eigenvalue weighted by molar-refractivity contribution is -0.185. The summed E-state index contributed by atoms with van der Waals surface area (Å²) in [5.41, 5.74) is 6.91. The molecule has 1 aromatic rings. The van der Waals surface area contributed by atoms with Crippen molar-refractivity contribution < 1.29 is 44.3 Å². The van der Waals surface area contributed by atoms with Gasteiger partial charge in [-0.2, -0.15) is 0 Å². The Kier molecular flexibility index (Phi) is 6.08. The number of aromatic hydroxyl groups is 1. The Labute approximate surface area is 211 Å². The third kappa shape index (κ3) is 3.36. The molecule has 1 saturated carbocycles. The average Bonchev–Trinajstić information content (AvgIpc) is 2.82. The first-order valence-corrected chi connectivity index (χ1v) is 11.7. The van der Waals surface area contributed by atoms with Crippen LogP contribution in [0.4, 0.5) is 5.69 Å². The molecule has 12 nitrogen and oxygen atoms in total. The normalized spacial score (nSPS) is 31.1. The number of phenolic OH excluding ortho intramolecular Hbond substituents is 1. The summed E-state index contributed by atoms with van der Waals surface area (Å²) < 4.78 is 5.74. The average molecular weight is 516 g/mol. The Morgan fingerprint density at radius 2 is 1.78 bits per heavy atom. The van der Waals surface area contributed by atoms with Gasteiger partial charge in [0, 0.05) is 17.9 Å². The van der Waals surface area contributed by atoms with Gasteiger partial charge in [-0.05, 0) is 31.6 Å². The summed E-state index contributed by atoms with van der Waals surface area (Å²) in [7, 11) is 2.91. The van der Waals surface area contributed by atoms with E-state index in [4.69, 9.17) is 16.2 Å². The highest BCUT2D eigenvalue weighted by Crippen LogP contribution is 2.57. The fraction of sp³-hybridized carbons (Fsp3) is 0.440. The van der Waals surface area contributed by atoms with E-state index in [1.807, 2.05) is 0 Å². The van der Waals surface area contributed by atoms with E-state index < -0.39 is 87.4 Å². The number of anilines is 1. The van der Waals surface area contributed by atoms with E-state index in [1.165, 1.54) is 32.0 Å². The zero-order chi connectivity index (χ0) is 27.7. The lowest BCUT2D eigenvalue weighted by Gasteiger charge is -2.54. The molecule has 37 heavy (non-hydrogen) atoms. The first-order valence-electron chi connectivity index (χ1n) is 11.7. The number of fused-ring (bicyclic) bond motifs is 3. The standard InChI is InChI=1S/C25H29N3O9/c1-5-11(29)37-21-12-8(2)9-6-7-10(26)18(30)13(9)19(31)14(12)22(33)25(36)16(21)17(28(3)4)20(32)15(23(25)34)24(27)35/h6-8,12,16-17,21,30-31,34,36H,5,26H2,1-4H3,(H2,27,35)/t8?,12-,16-,17+,21+,25+/m1/s1. The molecule has 0 saturated heterocycles. The van der Waals surface area contributed by atoms with Gasteiger partial charge in [-0.1, -0.05) is 19.9 Å². The highest BCUT2D eigenvalue weighted by molar-refractivity contribution is 6.24. The topological polar surface area (TPSA) is 214 Å². The molecule has 198 valence electrons. The Morgan fingerprint density at radius 1 is 1.16 bits per heavy atom. The number of nitrogens with two attached hydrogens (primary N) is 2. The molecule has 0 spiro atoms. The van der Waals surface area contributed by atoms with Crippen LogP contribution in [-0.4, -0.2) is 80.6 Å². The molecule has 3 aliphatic rings. The third-order valence-corrected chi connectivity index (χ3v) is 7.69. The van der Waals surface area contributed by atoms with Crippen LogP contribution in [0.2, 0.25) is 0 Å². The number of hydrogen-bond donors (Lipinski definition) is 6. The molecule has 1 aromatic carbocycles. The highest BCUT2D eigenvalue weighted by Gasteiger charge is 2.69. The number of aliphatic hydroxyl groups excluding tert-OH is 2. The maximum Gasteiger partial charge on any atom is 0.305 e. The molecule has 6 atom stereocenters. The Balaban J connectivity index is 2.12. The summed E-state index contributed by atoms with van der Waals surface area (Å²) in [6.45, 7) is 3.19. The quantitative estimate of drug-likeness (QED) is 0.136. The molecule has 1 unspecified atom stereocenters. The second-order valence-corrected chi connectivity index (χ2v) is 9.83. The van der Waals surface area contributed by atoms with Crippen molar-refractivity contribution >= 4 is 34.9 Å². The zero-order valence-electron chi connectivity index (χ0n) is 20.7. The molecule has 0 heterocycles. The van der Waals surface area contributed by atoms with Gasteiger partial charge in [0.1, 0.15) is 28.9 Å². The number of hydrogen-bond acceptors (Lipinski definition) is 11. The van der Waals surface area contributed by atoms with E-state index in [0.717, 1.165) is 0 Å². The van der Waals surface area contributed by atoms with Crippen LogP contribution in [0.1, 0.15) is 37.3 Å². The van der Waals surface area contributed by atoms with Gasteiger partial charge in [-0.25, -0.2) is 0 Å². The summed E-state index contributed by atoms with van der Waals surface area (Å²) in [6.07, 6.45) is -1.52. The summed E-state index contributed by atoms with van der Waals surface area (Å²) in [6, 6.07) is 1.54. The van der Waals surface area contributed by atoms with E-state index in [0.29, 0.717) is 5.56 Å². The smallest absolute Gasteiger partial charge is 0.305 e. The van der Waals surface area contributed by atoms with Crippen molar-refractivity contribution in [2.75, 3.05) is 19.8 Å². The van der Waals surface area contributed by atoms with Crippen LogP contribution >= 0.6 is 0 Å². The number of ketones is 2. The van der Waals surface area contributed by atoms with E-state index in [2.05, 4.69) is 0 Å². The van der Waals surface area contributed by atoms with Crippen LogP contribution < -0.4 is 11.5 Å². The number of carbonyl (C=O) groups is 4. The van der Waals surface area contributed by atoms with Gasteiger partial charge >= 0.3 is 5.97 Å². The first-order chi connectivity index (χ1) is 17.2. The van der Waals surface area contributed by atoms with Gasteiger partial charge in [0.25, 0.3) is 5.91 Å². The Morgan fingerprint density at radius 3 is 2.32 bits per heavy atom. The van der Waals surface area contributed by atoms with Gasteiger partial charge in [0.2, 0.25) is 5.78 Å². The van der Waals surface area contributed by atoms with Gasteiger partial charge in [0.05, 0.1) is 23.2 Å². The van der Waals surface area contributed by atoms with E-state index in [9.17, 15) is 39.6 Å². The van der Waals surface area contributed by atoms with Crippen molar-refractivity contribution in [3.8, 4) is 5.75 Å². The maximum absolute atomic E-state index is 14.0. The zero-order valence-corrected chi connectivity index (χ0v) is 20.7. The molecule has 0 aliphatic heterocycles. The largest absolute Gasteiger partial charge is 0.508 e. The highest BCUT2D eigenvalue weighted by atomic mass is 16.5. The van der Waals surface area contributed by atoms with Crippen LogP contribution in [0.25, 0.3) is 5.76 Å². The predicted octanol–water partition coefficient (Wildman–Crippen LogP) is 0.0389. The number of benzene rings is 1. The molecule has 1 amide bonds. The van der Waals surface area contributed by atoms with Crippen molar-refractivity contribution in [1.82, 2.24) is 4.90 Å². The van der Waals surface area contributed by atoms with Gasteiger partial charge < -0.3 is 36.6 Å². The molecular weight excluding hydrogens is 486 g/mol. The number of nitrogen functional groups attached to an aromatic ring is 1. The number of esters is 1. The SMILES string of the molecule is CCC(=O)O[C@@H]1[C@H]2[C@H](N(C)C)C(=O)C(C(N)=O)=C(O)[C@@]2(O)C(=O)C2=C(O)c3c(ccc(N)c3O)C(C)[C@H]21. The molecule has 8 N–H and O–H groups in total. The molecule has 12 heteroatoms. The van der Waals surface area contributed by atoms with E-state index >= 15 is 0 Å². The lowest BCUT2D eigenvalue weighted by atomic mass is 9.54. The number of aliphatic hydroxyl groups is 3. The van der Waals surface area contributed by atoms with Crippen LogP contribution in [0.5, 0.6) is 5.75 Å². The molecule has 0 aromatic heterocycles. The Hall–Kier alpha value is -3.90. The minimum absolute atomic E-state index is 0.0833. The second-order valence-electron chi connectivity index (χ2n) is 9.83. The molecule has 4 rings (SSSR count). The van der Waals surface area contributed by atoms with E-state index in [1.54, 1.807) is 13.0 Å². The number of primary amides is 1. The first kappa shape index (κ1) is 26.2. The van der Waals surface area contributed by atoms with Crippen LogP contribution in [-0.2, 0) is 23.9 Å². The summed E-state index contributed by atoms with van der Waals surface area (Å²) in [4.78, 5) is 53.5. The van der Waals surface area contributed by atoms with E-state index in [-0.39, 0.29) is 17.7 Å². The summed E-state index contributed by atoms with van der Waals surface area (Å²) in [5.74, 6) is -10.2. The number of rotatable bonds is 4. The van der Waals surface area contributed by atoms with Gasteiger partial charge in [-0.15, -0.1) is 0 Å². The fourth-order valence-corrected chi connectivity index (χ4v) is 5.98. The van der Waals surface area contributed by atoms with Crippen molar-refractivity contribution in [1.29, 1.82) is 0 Å². The monoisotopic (exact) mass is 515 g/mol. The number of nitrogens with zero attached hydrogens (tertiary/aromatic N) is 1. The number of carbonyl (C=O) groups excluding carboxylic acids is 4. The third-order valence-electron chi connectivity index (χ3n) is 7.69. The number of Topliss-reactive ketones (excluding diaryl/α,β-unsaturated/α-hetero) is 2. The second kappa shape index (κ2) is 8.60. The minimum atomic E-state index is -2.97.